The van der Waals surface area contributed by atoms with Gasteiger partial charge in [-0.05, 0) is 52.9 Å². The van der Waals surface area contributed by atoms with Crippen LogP contribution in [-0.2, 0) is 10.2 Å². The Balaban J connectivity index is 2.10. The van der Waals surface area contributed by atoms with Crippen molar-refractivity contribution in [3.63, 3.8) is 0 Å². The predicted molar refractivity (Wildman–Crippen MR) is 76.6 cm³/mol. The van der Waals surface area contributed by atoms with Gasteiger partial charge in [-0.15, -0.1) is 0 Å². The lowest BCUT2D eigenvalue weighted by Crippen LogP contribution is -2.41. The summed E-state index contributed by atoms with van der Waals surface area (Å²) < 4.78 is 41.6. The van der Waals surface area contributed by atoms with Gasteiger partial charge in [0.25, 0.3) is 0 Å². The first kappa shape index (κ1) is 14.7. The van der Waals surface area contributed by atoms with Crippen molar-refractivity contribution in [2.45, 2.75) is 19.8 Å². The monoisotopic (exact) mass is 350 g/mol. The Bertz CT molecular complexity index is 557. The van der Waals surface area contributed by atoms with Crippen LogP contribution >= 0.6 is 15.9 Å². The average molecular weight is 351 g/mol. The van der Waals surface area contributed by atoms with E-state index >= 15 is 0 Å². The summed E-state index contributed by atoms with van der Waals surface area (Å²) in [6.45, 7) is 3.17. The van der Waals surface area contributed by atoms with Crippen molar-refractivity contribution in [3.05, 3.63) is 28.5 Å². The second kappa shape index (κ2) is 5.76. The molecular weight excluding hydrogens is 335 g/mol. The minimum Gasteiger partial charge on any atom is -0.271 e. The summed E-state index contributed by atoms with van der Waals surface area (Å²) in [6.07, 6.45) is 1.74. The molecule has 0 amide bonds. The first-order valence-corrected chi connectivity index (χ1v) is 8.35. The highest BCUT2D eigenvalue weighted by molar-refractivity contribution is 9.10. The highest BCUT2D eigenvalue weighted by atomic mass is 79.9. The van der Waals surface area contributed by atoms with Crippen LogP contribution < -0.4 is 4.72 Å². The fourth-order valence-corrected chi connectivity index (χ4v) is 3.62. The molecule has 0 bridgehead atoms. The molecule has 1 saturated heterocycles. The van der Waals surface area contributed by atoms with Gasteiger partial charge in [-0.1, -0.05) is 6.92 Å². The molecule has 1 N–H and O–H groups in total. The Kier molecular flexibility index (Phi) is 4.47. The maximum absolute atomic E-state index is 13.1. The van der Waals surface area contributed by atoms with Gasteiger partial charge in [-0.3, -0.25) is 4.72 Å². The molecule has 1 fully saturated rings. The van der Waals surface area contributed by atoms with E-state index in [0.29, 0.717) is 24.7 Å². The maximum atomic E-state index is 13.1. The van der Waals surface area contributed by atoms with Crippen LogP contribution in [0.4, 0.5) is 10.1 Å². The number of hydrogen-bond donors (Lipinski definition) is 1. The third-order valence-electron chi connectivity index (χ3n) is 3.25. The lowest BCUT2D eigenvalue weighted by molar-refractivity contribution is 0.289. The normalized spacial score (nSPS) is 18.5. The quantitative estimate of drug-likeness (QED) is 0.910. The van der Waals surface area contributed by atoms with E-state index in [9.17, 15) is 12.8 Å². The van der Waals surface area contributed by atoms with Crippen LogP contribution in [0.3, 0.4) is 0 Å². The molecule has 0 saturated carbocycles. The number of halogens is 2. The summed E-state index contributed by atoms with van der Waals surface area (Å²) in [5, 5.41) is 0. The lowest BCUT2D eigenvalue weighted by atomic mass is 10.0. The fraction of sp³-hybridized carbons (Fsp3) is 0.500. The highest BCUT2D eigenvalue weighted by Gasteiger charge is 2.26. The summed E-state index contributed by atoms with van der Waals surface area (Å²) in [7, 11) is -3.55. The summed E-state index contributed by atoms with van der Waals surface area (Å²) in [5.41, 5.74) is 0.354. The Labute approximate surface area is 121 Å². The lowest BCUT2D eigenvalue weighted by Gasteiger charge is -2.29. The molecule has 0 atom stereocenters. The van der Waals surface area contributed by atoms with E-state index in [-0.39, 0.29) is 4.47 Å². The second-order valence-electron chi connectivity index (χ2n) is 4.82. The molecule has 1 aromatic rings. The molecule has 4 nitrogen and oxygen atoms in total. The molecule has 0 spiro atoms. The van der Waals surface area contributed by atoms with Gasteiger partial charge in [-0.25, -0.2) is 4.39 Å². The minimum absolute atomic E-state index is 0.236. The predicted octanol–water partition coefficient (Wildman–Crippen LogP) is 2.98. The van der Waals surface area contributed by atoms with E-state index in [1.165, 1.54) is 22.5 Å². The minimum atomic E-state index is -3.55. The van der Waals surface area contributed by atoms with Crippen molar-refractivity contribution in [1.82, 2.24) is 4.31 Å². The van der Waals surface area contributed by atoms with E-state index in [1.54, 1.807) is 0 Å². The molecule has 1 aromatic carbocycles. The molecular formula is C12H16BrFN2O2S. The Morgan fingerprint density at radius 1 is 1.37 bits per heavy atom. The fourth-order valence-electron chi connectivity index (χ4n) is 2.00. The summed E-state index contributed by atoms with van der Waals surface area (Å²) in [6, 6.07) is 4.05. The van der Waals surface area contributed by atoms with E-state index < -0.39 is 16.0 Å². The van der Waals surface area contributed by atoms with Crippen LogP contribution in [0.25, 0.3) is 0 Å². The summed E-state index contributed by atoms with van der Waals surface area (Å²) in [4.78, 5) is 0. The van der Waals surface area contributed by atoms with E-state index in [1.807, 2.05) is 0 Å². The zero-order chi connectivity index (χ0) is 14.0. The number of piperidine rings is 1. The van der Waals surface area contributed by atoms with Gasteiger partial charge < -0.3 is 0 Å². The third-order valence-corrected chi connectivity index (χ3v) is 5.40. The van der Waals surface area contributed by atoms with Gasteiger partial charge in [0, 0.05) is 13.1 Å². The van der Waals surface area contributed by atoms with E-state index in [2.05, 4.69) is 27.6 Å². The zero-order valence-corrected chi connectivity index (χ0v) is 13.0. The van der Waals surface area contributed by atoms with Crippen LogP contribution in [0, 0.1) is 11.7 Å². The number of anilines is 1. The average Bonchev–Trinajstić information content (AvgIpc) is 2.34. The second-order valence-corrected chi connectivity index (χ2v) is 7.34. The van der Waals surface area contributed by atoms with Crippen molar-refractivity contribution in [2.75, 3.05) is 17.8 Å². The number of nitrogens with zero attached hydrogens (tertiary/aromatic N) is 1. The van der Waals surface area contributed by atoms with Gasteiger partial charge in [0.2, 0.25) is 0 Å². The van der Waals surface area contributed by atoms with Gasteiger partial charge in [0.05, 0.1) is 10.2 Å². The smallest absolute Gasteiger partial charge is 0.271 e. The van der Waals surface area contributed by atoms with Crippen molar-refractivity contribution >= 4 is 31.8 Å². The van der Waals surface area contributed by atoms with Crippen LogP contribution in [0.5, 0.6) is 0 Å². The van der Waals surface area contributed by atoms with Crippen molar-refractivity contribution < 1.29 is 12.8 Å². The molecule has 2 rings (SSSR count). The standard InChI is InChI=1S/C12H16BrFN2O2S/c1-9-4-6-16(7-5-9)19(17,18)15-10-2-3-12(14)11(13)8-10/h2-3,8-9,15H,4-7H2,1H3. The summed E-state index contributed by atoms with van der Waals surface area (Å²) in [5.74, 6) is 0.140. The number of hydrogen-bond acceptors (Lipinski definition) is 2. The number of nitrogens with one attached hydrogen (secondary N) is 1. The summed E-state index contributed by atoms with van der Waals surface area (Å²) >= 11 is 3.03. The zero-order valence-electron chi connectivity index (χ0n) is 10.6. The molecule has 106 valence electrons. The largest absolute Gasteiger partial charge is 0.301 e. The molecule has 0 aromatic heterocycles. The first-order valence-electron chi connectivity index (χ1n) is 6.11. The van der Waals surface area contributed by atoms with Gasteiger partial charge in [0.15, 0.2) is 0 Å². The molecule has 7 heteroatoms. The Morgan fingerprint density at radius 2 is 2.00 bits per heavy atom. The topological polar surface area (TPSA) is 49.4 Å². The van der Waals surface area contributed by atoms with Crippen LogP contribution in [0.15, 0.2) is 22.7 Å². The Hall–Kier alpha value is -0.660. The van der Waals surface area contributed by atoms with E-state index in [0.717, 1.165) is 12.8 Å². The van der Waals surface area contributed by atoms with Crippen LogP contribution in [0.2, 0.25) is 0 Å². The molecule has 1 heterocycles. The Morgan fingerprint density at radius 3 is 2.58 bits per heavy atom. The van der Waals surface area contributed by atoms with Gasteiger partial charge >= 0.3 is 10.2 Å². The molecule has 0 unspecified atom stereocenters. The molecule has 1 aliphatic heterocycles. The van der Waals surface area contributed by atoms with Gasteiger partial charge in [0.1, 0.15) is 5.82 Å². The SMILES string of the molecule is CC1CCN(S(=O)(=O)Nc2ccc(F)c(Br)c2)CC1. The molecule has 0 radical (unpaired) electrons. The maximum Gasteiger partial charge on any atom is 0.301 e. The number of rotatable bonds is 3. The molecule has 1 aliphatic rings. The van der Waals surface area contributed by atoms with Crippen LogP contribution in [-0.4, -0.2) is 25.8 Å². The third kappa shape index (κ3) is 3.67. The van der Waals surface area contributed by atoms with Crippen molar-refractivity contribution in [3.8, 4) is 0 Å². The molecule has 0 aliphatic carbocycles. The first-order chi connectivity index (χ1) is 8.88. The molecule has 19 heavy (non-hydrogen) atoms. The van der Waals surface area contributed by atoms with Crippen molar-refractivity contribution in [2.24, 2.45) is 5.92 Å². The van der Waals surface area contributed by atoms with Crippen LogP contribution in [0.1, 0.15) is 19.8 Å². The highest BCUT2D eigenvalue weighted by Crippen LogP contribution is 2.23. The van der Waals surface area contributed by atoms with E-state index in [4.69, 9.17) is 0 Å². The van der Waals surface area contributed by atoms with Gasteiger partial charge in [-0.2, -0.15) is 12.7 Å². The number of benzene rings is 1. The van der Waals surface area contributed by atoms with Crippen molar-refractivity contribution in [1.29, 1.82) is 0 Å².